The SMILES string of the molecule is CC1=C(C)C2=[N+]3/C(=N\c4c5cc6ccccc6cc5c(n4C)/C(c4cccc(C)c4)=C4/c5cc6ccccc6cc5C(=[N+]4C)/C=C(/c4ccc5ccccc5c4)C3N1)c1cc3ccccc3cc12. The lowest BCUT2D eigenvalue weighted by molar-refractivity contribution is -0.440. The van der Waals surface area contributed by atoms with Crippen molar-refractivity contribution in [3.05, 3.63) is 238 Å². The monoisotopic (exact) mass is 873 g/mol. The smallest absolute Gasteiger partial charge is 0.336 e. The summed E-state index contributed by atoms with van der Waals surface area (Å²) in [7, 11) is 4.51. The van der Waals surface area contributed by atoms with Crippen LogP contribution in [0.2, 0.25) is 0 Å². The summed E-state index contributed by atoms with van der Waals surface area (Å²) in [6.45, 7) is 6.71. The summed E-state index contributed by atoms with van der Waals surface area (Å²) in [5.41, 5.74) is 17.6. The van der Waals surface area contributed by atoms with Crippen LogP contribution in [-0.2, 0) is 7.05 Å². The molecule has 0 radical (unpaired) electrons. The van der Waals surface area contributed by atoms with Crippen molar-refractivity contribution in [3.8, 4) is 0 Å². The number of nitrogens with one attached hydrogen (secondary N) is 1. The normalized spacial score (nSPS) is 19.1. The molecule has 1 aromatic heterocycles. The molecule has 9 aromatic carbocycles. The minimum Gasteiger partial charge on any atom is -0.346 e. The summed E-state index contributed by atoms with van der Waals surface area (Å²) in [6, 6.07) is 65.5. The van der Waals surface area contributed by atoms with Crippen molar-refractivity contribution in [1.29, 1.82) is 0 Å². The van der Waals surface area contributed by atoms with Crippen molar-refractivity contribution in [2.24, 2.45) is 12.0 Å². The molecule has 4 aliphatic rings. The third-order valence-corrected chi connectivity index (χ3v) is 15.2. The third-order valence-electron chi connectivity index (χ3n) is 15.2. The van der Waals surface area contributed by atoms with Gasteiger partial charge in [0.15, 0.2) is 6.17 Å². The highest BCUT2D eigenvalue weighted by Crippen LogP contribution is 2.47. The van der Waals surface area contributed by atoms with Crippen molar-refractivity contribution in [1.82, 2.24) is 9.88 Å². The molecule has 1 unspecified atom stereocenters. The first-order valence-electron chi connectivity index (χ1n) is 23.7. The summed E-state index contributed by atoms with van der Waals surface area (Å²) in [5, 5.41) is 16.1. The molecule has 0 saturated carbocycles. The van der Waals surface area contributed by atoms with E-state index in [9.17, 15) is 0 Å². The van der Waals surface area contributed by atoms with Gasteiger partial charge in [-0.05, 0) is 122 Å². The van der Waals surface area contributed by atoms with E-state index in [4.69, 9.17) is 4.99 Å². The van der Waals surface area contributed by atoms with Gasteiger partial charge in [-0.15, -0.1) is 0 Å². The van der Waals surface area contributed by atoms with Crippen molar-refractivity contribution in [2.45, 2.75) is 26.9 Å². The van der Waals surface area contributed by atoms with Gasteiger partial charge >= 0.3 is 5.84 Å². The maximum absolute atomic E-state index is 6.08. The van der Waals surface area contributed by atoms with Gasteiger partial charge in [0, 0.05) is 40.9 Å². The fraction of sp³-hybridized carbons (Fsp3) is 0.0952. The zero-order valence-corrected chi connectivity index (χ0v) is 38.7. The summed E-state index contributed by atoms with van der Waals surface area (Å²) in [6.07, 6.45) is 2.16. The topological polar surface area (TPSA) is 35.3 Å². The second kappa shape index (κ2) is 14.3. The molecule has 0 fully saturated rings. The Morgan fingerprint density at radius 2 is 1.10 bits per heavy atom. The average Bonchev–Trinajstić information content (AvgIpc) is 3.91. The maximum Gasteiger partial charge on any atom is 0.336 e. The molecular formula is C63H47N5+2. The number of aromatic nitrogens is 1. The Kier molecular flexibility index (Phi) is 8.16. The van der Waals surface area contributed by atoms with Crippen LogP contribution < -0.4 is 5.32 Å². The lowest BCUT2D eigenvalue weighted by atomic mass is 9.90. The highest BCUT2D eigenvalue weighted by molar-refractivity contribution is 6.26. The number of amidine groups is 1. The minimum absolute atomic E-state index is 0.328. The summed E-state index contributed by atoms with van der Waals surface area (Å²) in [4.78, 5) is 6.08. The van der Waals surface area contributed by atoms with Crippen LogP contribution in [0.5, 0.6) is 0 Å². The molecule has 1 atom stereocenters. The molecule has 4 bridgehead atoms. The second-order valence-electron chi connectivity index (χ2n) is 19.1. The largest absolute Gasteiger partial charge is 0.346 e. The molecule has 5 heterocycles. The van der Waals surface area contributed by atoms with Gasteiger partial charge in [0.2, 0.25) is 11.4 Å². The summed E-state index contributed by atoms with van der Waals surface area (Å²) < 4.78 is 7.40. The number of nitrogens with zero attached hydrogens (tertiary/aromatic N) is 4. The van der Waals surface area contributed by atoms with E-state index in [0.717, 1.165) is 50.8 Å². The van der Waals surface area contributed by atoms with Crippen LogP contribution in [-0.4, -0.2) is 44.2 Å². The fourth-order valence-corrected chi connectivity index (χ4v) is 11.8. The van der Waals surface area contributed by atoms with E-state index >= 15 is 0 Å². The van der Waals surface area contributed by atoms with E-state index in [-0.39, 0.29) is 6.17 Å². The quantitative estimate of drug-likeness (QED) is 0.173. The lowest BCUT2D eigenvalue weighted by Crippen LogP contribution is -2.47. The number of aryl methyl sites for hydroxylation is 1. The van der Waals surface area contributed by atoms with Gasteiger partial charge in [-0.25, -0.2) is 0 Å². The van der Waals surface area contributed by atoms with Crippen LogP contribution in [0.1, 0.15) is 58.5 Å². The Morgan fingerprint density at radius 3 is 1.76 bits per heavy atom. The Balaban J connectivity index is 1.22. The van der Waals surface area contributed by atoms with Crippen LogP contribution in [0.3, 0.4) is 0 Å². The molecule has 14 rings (SSSR count). The van der Waals surface area contributed by atoms with Gasteiger partial charge < -0.3 is 9.88 Å². The van der Waals surface area contributed by atoms with Gasteiger partial charge in [0.25, 0.3) is 5.82 Å². The molecule has 0 aliphatic carbocycles. The highest BCUT2D eigenvalue weighted by atomic mass is 15.3. The molecule has 0 spiro atoms. The van der Waals surface area contributed by atoms with E-state index in [1.165, 1.54) is 98.8 Å². The van der Waals surface area contributed by atoms with E-state index < -0.39 is 0 Å². The zero-order chi connectivity index (χ0) is 45.5. The van der Waals surface area contributed by atoms with Crippen molar-refractivity contribution < 1.29 is 9.15 Å². The summed E-state index contributed by atoms with van der Waals surface area (Å²) >= 11 is 0. The highest BCUT2D eigenvalue weighted by Gasteiger charge is 2.47. The first-order valence-corrected chi connectivity index (χ1v) is 23.7. The van der Waals surface area contributed by atoms with Gasteiger partial charge in [-0.2, -0.15) is 9.15 Å². The molecule has 4 aliphatic heterocycles. The Bertz CT molecular complexity index is 4160. The minimum atomic E-state index is -0.328. The van der Waals surface area contributed by atoms with E-state index in [1.807, 2.05) is 0 Å². The van der Waals surface area contributed by atoms with Gasteiger partial charge in [-0.3, -0.25) is 0 Å². The molecule has 1 N–H and O–H groups in total. The molecule has 0 saturated heterocycles. The average molecular weight is 874 g/mol. The van der Waals surface area contributed by atoms with Gasteiger partial charge in [0.05, 0.1) is 33.3 Å². The van der Waals surface area contributed by atoms with Crippen molar-refractivity contribution in [2.75, 3.05) is 7.05 Å². The first-order chi connectivity index (χ1) is 33.3. The number of allylic oxidation sites excluding steroid dienone is 3. The predicted octanol–water partition coefficient (Wildman–Crippen LogP) is 13.7. The lowest BCUT2D eigenvalue weighted by Gasteiger charge is -2.29. The van der Waals surface area contributed by atoms with Crippen LogP contribution >= 0.6 is 0 Å². The number of hydrogen-bond donors (Lipinski definition) is 1. The molecular weight excluding hydrogens is 827 g/mol. The van der Waals surface area contributed by atoms with Crippen molar-refractivity contribution in [3.63, 3.8) is 0 Å². The second-order valence-corrected chi connectivity index (χ2v) is 19.1. The number of rotatable bonds is 2. The van der Waals surface area contributed by atoms with E-state index in [1.54, 1.807) is 0 Å². The summed E-state index contributed by atoms with van der Waals surface area (Å²) in [5.74, 6) is 1.85. The Labute approximate surface area is 395 Å². The number of benzene rings is 9. The molecule has 5 heteroatoms. The van der Waals surface area contributed by atoms with Crippen molar-refractivity contribution >= 4 is 93.8 Å². The standard InChI is InChI=1S/C63H46N5/c1-36-15-14-24-48(27-36)57-59-51-30-42-19-9-8-18-41(42)29-50(51)56(66(59)4)35-49(47-26-25-39-16-6-7-17-40(39)28-47)62-64-38(3)37(2)58-52-31-43-20-10-13-23-46(43)34-55(52)63(68(58)62)65-61-54-33-45-22-12-11-21-44(45)32-53(54)60(57)67(61)5/h6-35,62H,1-5H3/q+1/p+1/b49-35-. The number of fused-ring (bicyclic) bond motifs is 16. The molecule has 322 valence electrons. The molecule has 68 heavy (non-hydrogen) atoms. The van der Waals surface area contributed by atoms with Crippen LogP contribution in [0.25, 0.3) is 70.7 Å². The zero-order valence-electron chi connectivity index (χ0n) is 38.7. The number of aliphatic imine (C=N–C) groups is 1. The Hall–Kier alpha value is -8.41. The van der Waals surface area contributed by atoms with Crippen LogP contribution in [0, 0.1) is 6.92 Å². The van der Waals surface area contributed by atoms with E-state index in [2.05, 4.69) is 236 Å². The fourth-order valence-electron chi connectivity index (χ4n) is 11.8. The molecule has 0 amide bonds. The van der Waals surface area contributed by atoms with Crippen LogP contribution in [0.4, 0.5) is 5.82 Å². The van der Waals surface area contributed by atoms with Crippen LogP contribution in [0.15, 0.2) is 198 Å². The third kappa shape index (κ3) is 5.53. The maximum atomic E-state index is 6.08. The van der Waals surface area contributed by atoms with Gasteiger partial charge in [0.1, 0.15) is 12.8 Å². The molecule has 5 nitrogen and oxygen atoms in total. The number of hydrogen-bond acceptors (Lipinski definition) is 2. The molecule has 10 aromatic rings. The first kappa shape index (κ1) is 38.8. The predicted molar refractivity (Wildman–Crippen MR) is 283 cm³/mol. The van der Waals surface area contributed by atoms with Gasteiger partial charge in [-0.1, -0.05) is 139 Å². The Morgan fingerprint density at radius 1 is 0.529 bits per heavy atom. The van der Waals surface area contributed by atoms with E-state index in [0.29, 0.717) is 0 Å².